The van der Waals surface area contributed by atoms with Gasteiger partial charge in [0.15, 0.2) is 0 Å². The quantitative estimate of drug-likeness (QED) is 0.605. The van der Waals surface area contributed by atoms with Crippen LogP contribution in [-0.2, 0) is 10.8 Å². The monoisotopic (exact) mass is 360 g/mol. The van der Waals surface area contributed by atoms with Crippen LogP contribution in [0, 0.1) is 20.2 Å². The van der Waals surface area contributed by atoms with Gasteiger partial charge >= 0.3 is 0 Å². The maximum Gasteiger partial charge on any atom is 0.289 e. The number of nitro benzene ring substituents is 2. The van der Waals surface area contributed by atoms with Crippen LogP contribution in [0.3, 0.4) is 0 Å². The van der Waals surface area contributed by atoms with E-state index < -0.39 is 26.3 Å². The van der Waals surface area contributed by atoms with Crippen LogP contribution in [0.1, 0.15) is 0 Å². The van der Waals surface area contributed by atoms with Crippen LogP contribution in [-0.4, -0.2) is 14.1 Å². The SMILES string of the molecule is O=[N+]([O-])c1ccc(S(=O)c2ccc([N+](=O)[O-])c(Cl)c2Cl)cc1. The summed E-state index contributed by atoms with van der Waals surface area (Å²) in [6, 6.07) is 7.39. The van der Waals surface area contributed by atoms with Crippen LogP contribution < -0.4 is 0 Å². The smallest absolute Gasteiger partial charge is 0.258 e. The van der Waals surface area contributed by atoms with E-state index in [1.165, 1.54) is 30.3 Å². The first-order valence-electron chi connectivity index (χ1n) is 5.61. The van der Waals surface area contributed by atoms with Gasteiger partial charge in [-0.15, -0.1) is 0 Å². The molecule has 0 radical (unpaired) electrons. The molecule has 0 saturated heterocycles. The van der Waals surface area contributed by atoms with Crippen LogP contribution >= 0.6 is 23.2 Å². The second-order valence-corrected chi connectivity index (χ2v) is 6.19. The molecule has 1 unspecified atom stereocenters. The van der Waals surface area contributed by atoms with E-state index in [1.807, 2.05) is 0 Å². The summed E-state index contributed by atoms with van der Waals surface area (Å²) in [6.07, 6.45) is 0. The lowest BCUT2D eigenvalue weighted by molar-refractivity contribution is -0.385. The third kappa shape index (κ3) is 3.08. The van der Waals surface area contributed by atoms with E-state index in [9.17, 15) is 24.4 Å². The van der Waals surface area contributed by atoms with Gasteiger partial charge in [-0.25, -0.2) is 4.21 Å². The number of non-ortho nitro benzene ring substituents is 1. The van der Waals surface area contributed by atoms with Gasteiger partial charge < -0.3 is 0 Å². The second kappa shape index (κ2) is 6.39. The molecule has 0 bridgehead atoms. The van der Waals surface area contributed by atoms with E-state index in [4.69, 9.17) is 23.2 Å². The standard InChI is InChI=1S/C12H6Cl2N2O5S/c13-11-9(16(19)20)5-6-10(12(11)14)22(21)8-3-1-7(2-4-8)15(17)18/h1-6H. The first kappa shape index (κ1) is 16.3. The number of nitro groups is 2. The molecule has 0 amide bonds. The molecule has 2 aromatic rings. The van der Waals surface area contributed by atoms with Crippen molar-refractivity contribution in [3.05, 3.63) is 66.7 Å². The summed E-state index contributed by atoms with van der Waals surface area (Å²) in [5.41, 5.74) is -0.537. The van der Waals surface area contributed by atoms with E-state index in [1.54, 1.807) is 0 Å². The fourth-order valence-corrected chi connectivity index (χ4v) is 3.38. The lowest BCUT2D eigenvalue weighted by Gasteiger charge is -2.06. The highest BCUT2D eigenvalue weighted by Gasteiger charge is 2.22. The van der Waals surface area contributed by atoms with Crippen LogP contribution in [0.5, 0.6) is 0 Å². The zero-order chi connectivity index (χ0) is 16.4. The average molecular weight is 361 g/mol. The Kier molecular flexibility index (Phi) is 4.74. The van der Waals surface area contributed by atoms with Gasteiger partial charge in [0, 0.05) is 23.1 Å². The summed E-state index contributed by atoms with van der Waals surface area (Å²) in [7, 11) is -1.77. The van der Waals surface area contributed by atoms with E-state index in [2.05, 4.69) is 0 Å². The van der Waals surface area contributed by atoms with Crippen LogP contribution in [0.2, 0.25) is 10.0 Å². The predicted octanol–water partition coefficient (Wildman–Crippen LogP) is 3.98. The Balaban J connectivity index is 2.43. The largest absolute Gasteiger partial charge is 0.289 e. The molecule has 114 valence electrons. The third-order valence-corrected chi connectivity index (χ3v) is 5.11. The zero-order valence-corrected chi connectivity index (χ0v) is 12.9. The molecule has 0 spiro atoms. The molecule has 22 heavy (non-hydrogen) atoms. The molecule has 1 atom stereocenters. The summed E-state index contributed by atoms with van der Waals surface area (Å²) in [5.74, 6) is 0. The normalized spacial score (nSPS) is 11.9. The first-order valence-corrected chi connectivity index (χ1v) is 7.52. The van der Waals surface area contributed by atoms with Crippen LogP contribution in [0.15, 0.2) is 46.2 Å². The van der Waals surface area contributed by atoms with E-state index in [-0.39, 0.29) is 25.5 Å². The van der Waals surface area contributed by atoms with Gasteiger partial charge in [-0.3, -0.25) is 20.2 Å². The van der Waals surface area contributed by atoms with Gasteiger partial charge in [0.2, 0.25) is 0 Å². The summed E-state index contributed by atoms with van der Waals surface area (Å²) in [5, 5.41) is 20.8. The molecule has 0 fully saturated rings. The fourth-order valence-electron chi connectivity index (χ4n) is 1.62. The second-order valence-electron chi connectivity index (χ2n) is 3.99. The van der Waals surface area contributed by atoms with E-state index >= 15 is 0 Å². The molecular weight excluding hydrogens is 355 g/mol. The minimum absolute atomic E-state index is 0.0890. The summed E-state index contributed by atoms with van der Waals surface area (Å²) >= 11 is 11.7. The van der Waals surface area contributed by atoms with Gasteiger partial charge in [-0.05, 0) is 18.2 Å². The minimum Gasteiger partial charge on any atom is -0.258 e. The Labute approximate surface area is 136 Å². The van der Waals surface area contributed by atoms with Gasteiger partial charge in [0.1, 0.15) is 5.02 Å². The molecule has 0 aliphatic rings. The van der Waals surface area contributed by atoms with Crippen molar-refractivity contribution >= 4 is 45.4 Å². The molecular formula is C12H6Cl2N2O5S. The Morgan fingerprint density at radius 2 is 1.45 bits per heavy atom. The van der Waals surface area contributed by atoms with Crippen molar-refractivity contribution in [2.24, 2.45) is 0 Å². The predicted molar refractivity (Wildman–Crippen MR) is 80.9 cm³/mol. The molecule has 2 aromatic carbocycles. The Bertz CT molecular complexity index is 795. The topological polar surface area (TPSA) is 103 Å². The van der Waals surface area contributed by atoms with Crippen molar-refractivity contribution in [3.8, 4) is 0 Å². The molecule has 7 nitrogen and oxygen atoms in total. The summed E-state index contributed by atoms with van der Waals surface area (Å²) in [6.45, 7) is 0. The molecule has 0 heterocycles. The Morgan fingerprint density at radius 3 is 1.95 bits per heavy atom. The lowest BCUT2D eigenvalue weighted by Crippen LogP contribution is -1.97. The number of nitrogens with zero attached hydrogens (tertiary/aromatic N) is 2. The molecule has 0 aliphatic heterocycles. The van der Waals surface area contributed by atoms with E-state index in [0.29, 0.717) is 0 Å². The number of benzene rings is 2. The summed E-state index contributed by atoms with van der Waals surface area (Å²) < 4.78 is 12.4. The highest BCUT2D eigenvalue weighted by molar-refractivity contribution is 7.85. The number of rotatable bonds is 4. The number of halogens is 2. The van der Waals surface area contributed by atoms with Gasteiger partial charge in [-0.2, -0.15) is 0 Å². The van der Waals surface area contributed by atoms with Crippen LogP contribution in [0.4, 0.5) is 11.4 Å². The van der Waals surface area contributed by atoms with Crippen LogP contribution in [0.25, 0.3) is 0 Å². The highest BCUT2D eigenvalue weighted by Crippen LogP contribution is 2.37. The summed E-state index contributed by atoms with van der Waals surface area (Å²) in [4.78, 5) is 20.4. The maximum atomic E-state index is 12.4. The first-order chi connectivity index (χ1) is 10.3. The Hall–Kier alpha value is -2.03. The van der Waals surface area contributed by atoms with Gasteiger partial charge in [-0.1, -0.05) is 23.2 Å². The Morgan fingerprint density at radius 1 is 0.864 bits per heavy atom. The zero-order valence-electron chi connectivity index (χ0n) is 10.6. The maximum absolute atomic E-state index is 12.4. The molecule has 0 aliphatic carbocycles. The molecule has 2 rings (SSSR count). The van der Waals surface area contributed by atoms with Crippen molar-refractivity contribution in [2.75, 3.05) is 0 Å². The minimum atomic E-state index is -1.77. The highest BCUT2D eigenvalue weighted by atomic mass is 35.5. The van der Waals surface area contributed by atoms with Crippen molar-refractivity contribution in [1.29, 1.82) is 0 Å². The third-order valence-electron chi connectivity index (χ3n) is 2.68. The molecule has 0 aromatic heterocycles. The van der Waals surface area contributed by atoms with Crippen molar-refractivity contribution in [3.63, 3.8) is 0 Å². The molecule has 0 saturated carbocycles. The number of hydrogen-bond acceptors (Lipinski definition) is 5. The fraction of sp³-hybridized carbons (Fsp3) is 0. The van der Waals surface area contributed by atoms with Crippen molar-refractivity contribution in [2.45, 2.75) is 9.79 Å². The number of hydrogen-bond donors (Lipinski definition) is 0. The van der Waals surface area contributed by atoms with Crippen molar-refractivity contribution in [1.82, 2.24) is 0 Å². The molecule has 10 heteroatoms. The van der Waals surface area contributed by atoms with Gasteiger partial charge in [0.25, 0.3) is 11.4 Å². The lowest BCUT2D eigenvalue weighted by atomic mass is 10.3. The van der Waals surface area contributed by atoms with E-state index in [0.717, 1.165) is 6.07 Å². The average Bonchev–Trinajstić information content (AvgIpc) is 2.49. The van der Waals surface area contributed by atoms with Gasteiger partial charge in [0.05, 0.1) is 30.6 Å². The van der Waals surface area contributed by atoms with Crippen molar-refractivity contribution < 1.29 is 14.1 Å². The molecule has 0 N–H and O–H groups in total.